The molecule has 0 bridgehead atoms. The van der Waals surface area contributed by atoms with Crippen LogP contribution in [0, 0.1) is 0 Å². The quantitative estimate of drug-likeness (QED) is 0.702. The van der Waals surface area contributed by atoms with E-state index in [4.69, 9.17) is 11.6 Å². The first-order chi connectivity index (χ1) is 9.17. The molecule has 0 saturated heterocycles. The van der Waals surface area contributed by atoms with Crippen LogP contribution < -0.4 is 5.32 Å². The smallest absolute Gasteiger partial charge is 0.0554 e. The van der Waals surface area contributed by atoms with Crippen LogP contribution in [0.4, 0.5) is 0 Å². The maximum Gasteiger partial charge on any atom is 0.0554 e. The first-order valence-corrected chi connectivity index (χ1v) is 8.43. The molecule has 1 heterocycles. The molecular formula is C15H17BrClNS. The lowest BCUT2D eigenvalue weighted by molar-refractivity contribution is 0.545. The number of hydrogen-bond donors (Lipinski definition) is 1. The third kappa shape index (κ3) is 3.40. The molecule has 0 aliphatic carbocycles. The van der Waals surface area contributed by atoms with Gasteiger partial charge in [0.05, 0.1) is 5.02 Å². The largest absolute Gasteiger partial charge is 0.310 e. The average Bonchev–Trinajstić information content (AvgIpc) is 2.88. The van der Waals surface area contributed by atoms with E-state index in [-0.39, 0.29) is 0 Å². The summed E-state index contributed by atoms with van der Waals surface area (Å²) in [7, 11) is 0. The second-order valence-corrected chi connectivity index (χ2v) is 6.64. The minimum atomic E-state index is 0.446. The summed E-state index contributed by atoms with van der Waals surface area (Å²) in [5.74, 6) is 0. The van der Waals surface area contributed by atoms with Gasteiger partial charge in [-0.2, -0.15) is 0 Å². The summed E-state index contributed by atoms with van der Waals surface area (Å²) < 4.78 is 0.974. The summed E-state index contributed by atoms with van der Waals surface area (Å²) in [5.41, 5.74) is 1.16. The van der Waals surface area contributed by atoms with Crippen LogP contribution in [0.3, 0.4) is 0 Å². The maximum atomic E-state index is 6.16. The maximum absolute atomic E-state index is 6.16. The van der Waals surface area contributed by atoms with Crippen LogP contribution in [0.2, 0.25) is 5.02 Å². The Morgan fingerprint density at radius 2 is 2.05 bits per heavy atom. The van der Waals surface area contributed by atoms with Gasteiger partial charge in [-0.3, -0.25) is 0 Å². The van der Waals surface area contributed by atoms with Gasteiger partial charge in [0.25, 0.3) is 0 Å². The summed E-state index contributed by atoms with van der Waals surface area (Å²) in [6.07, 6.45) is 1.10. The topological polar surface area (TPSA) is 12.0 Å². The zero-order valence-electron chi connectivity index (χ0n) is 11.0. The molecule has 1 aromatic heterocycles. The van der Waals surface area contributed by atoms with Crippen LogP contribution in [0.25, 0.3) is 10.4 Å². The third-order valence-electron chi connectivity index (χ3n) is 3.05. The summed E-state index contributed by atoms with van der Waals surface area (Å²) in [5, 5.41) is 4.27. The van der Waals surface area contributed by atoms with Crippen LogP contribution in [0.1, 0.15) is 31.2 Å². The second-order valence-electron chi connectivity index (χ2n) is 4.32. The fourth-order valence-corrected chi connectivity index (χ4v) is 4.05. The Hall–Kier alpha value is -0.350. The second kappa shape index (κ2) is 6.89. The molecule has 0 aliphatic rings. The highest BCUT2D eigenvalue weighted by atomic mass is 79.9. The summed E-state index contributed by atoms with van der Waals surface area (Å²) >= 11 is 11.6. The Kier molecular flexibility index (Phi) is 5.46. The molecule has 2 aromatic rings. The Bertz CT molecular complexity index is 553. The fraction of sp³-hybridized carbons (Fsp3) is 0.333. The number of hydrogen-bond acceptors (Lipinski definition) is 2. The van der Waals surface area contributed by atoms with E-state index in [2.05, 4.69) is 53.3 Å². The molecule has 1 nitrogen and oxygen atoms in total. The van der Waals surface area contributed by atoms with Crippen molar-refractivity contribution in [1.29, 1.82) is 0 Å². The molecule has 0 fully saturated rings. The van der Waals surface area contributed by atoms with Gasteiger partial charge in [0, 0.05) is 25.8 Å². The van der Waals surface area contributed by atoms with Crippen molar-refractivity contribution in [1.82, 2.24) is 5.32 Å². The lowest BCUT2D eigenvalue weighted by Crippen LogP contribution is -2.18. The Balaban J connectivity index is 2.32. The van der Waals surface area contributed by atoms with Crippen LogP contribution in [0.15, 0.2) is 34.8 Å². The molecule has 0 radical (unpaired) electrons. The van der Waals surface area contributed by atoms with Gasteiger partial charge in [-0.25, -0.2) is 0 Å². The molecule has 102 valence electrons. The van der Waals surface area contributed by atoms with Crippen molar-refractivity contribution < 1.29 is 0 Å². The average molecular weight is 359 g/mol. The molecule has 0 saturated carbocycles. The molecule has 19 heavy (non-hydrogen) atoms. The zero-order valence-corrected chi connectivity index (χ0v) is 14.2. The van der Waals surface area contributed by atoms with Gasteiger partial charge in [-0.1, -0.05) is 37.6 Å². The van der Waals surface area contributed by atoms with Crippen molar-refractivity contribution in [3.63, 3.8) is 0 Å². The van der Waals surface area contributed by atoms with Crippen molar-refractivity contribution in [2.45, 2.75) is 26.3 Å². The Labute approximate surface area is 132 Å². The lowest BCUT2D eigenvalue weighted by atomic mass is 10.1. The minimum Gasteiger partial charge on any atom is -0.310 e. The van der Waals surface area contributed by atoms with E-state index in [0.29, 0.717) is 6.04 Å². The monoisotopic (exact) mass is 357 g/mol. The zero-order chi connectivity index (χ0) is 13.8. The summed E-state index contributed by atoms with van der Waals surface area (Å²) in [6, 6.07) is 10.8. The van der Waals surface area contributed by atoms with Gasteiger partial charge in [0.2, 0.25) is 0 Å². The van der Waals surface area contributed by atoms with Gasteiger partial charge < -0.3 is 5.32 Å². The number of rotatable bonds is 5. The SMILES string of the molecule is CCNC(CC)c1ccc(-c2cccc(Cl)c2Br)s1. The minimum absolute atomic E-state index is 0.446. The summed E-state index contributed by atoms with van der Waals surface area (Å²) in [6.45, 7) is 5.35. The van der Waals surface area contributed by atoms with Gasteiger partial charge in [0.15, 0.2) is 0 Å². The van der Waals surface area contributed by atoms with E-state index in [9.17, 15) is 0 Å². The third-order valence-corrected chi connectivity index (χ3v) is 5.68. The Morgan fingerprint density at radius 1 is 1.26 bits per heavy atom. The van der Waals surface area contributed by atoms with Gasteiger partial charge in [-0.05, 0) is 47.1 Å². The molecule has 0 spiro atoms. The summed E-state index contributed by atoms with van der Waals surface area (Å²) in [4.78, 5) is 2.63. The van der Waals surface area contributed by atoms with Gasteiger partial charge in [-0.15, -0.1) is 11.3 Å². The van der Waals surface area contributed by atoms with Gasteiger partial charge >= 0.3 is 0 Å². The standard InChI is InChI=1S/C15H17BrClNS/c1-3-12(18-4-2)14-9-8-13(19-14)10-6-5-7-11(17)15(10)16/h5-9,12,18H,3-4H2,1-2H3. The van der Waals surface area contributed by atoms with Crippen molar-refractivity contribution >= 4 is 38.9 Å². The molecule has 1 N–H and O–H groups in total. The van der Waals surface area contributed by atoms with Crippen molar-refractivity contribution in [3.8, 4) is 10.4 Å². The molecular weight excluding hydrogens is 342 g/mol. The molecule has 0 amide bonds. The molecule has 4 heteroatoms. The number of thiophene rings is 1. The van der Waals surface area contributed by atoms with Crippen LogP contribution in [-0.2, 0) is 0 Å². The van der Waals surface area contributed by atoms with E-state index in [1.807, 2.05) is 23.5 Å². The van der Waals surface area contributed by atoms with Gasteiger partial charge in [0.1, 0.15) is 0 Å². The predicted octanol–water partition coefficient (Wildman–Crippen LogP) is 5.89. The van der Waals surface area contributed by atoms with E-state index in [0.717, 1.165) is 28.0 Å². The van der Waals surface area contributed by atoms with Crippen molar-refractivity contribution in [2.24, 2.45) is 0 Å². The first-order valence-electron chi connectivity index (χ1n) is 6.44. The highest BCUT2D eigenvalue weighted by Gasteiger charge is 2.13. The predicted molar refractivity (Wildman–Crippen MR) is 89.2 cm³/mol. The van der Waals surface area contributed by atoms with Crippen molar-refractivity contribution in [3.05, 3.63) is 44.7 Å². The molecule has 2 rings (SSSR count). The molecule has 1 aromatic carbocycles. The highest BCUT2D eigenvalue weighted by molar-refractivity contribution is 9.10. The molecule has 1 atom stereocenters. The van der Waals surface area contributed by atoms with E-state index >= 15 is 0 Å². The van der Waals surface area contributed by atoms with E-state index in [1.54, 1.807) is 0 Å². The number of halogens is 2. The highest BCUT2D eigenvalue weighted by Crippen LogP contribution is 2.38. The number of benzene rings is 1. The van der Waals surface area contributed by atoms with Crippen LogP contribution >= 0.6 is 38.9 Å². The molecule has 0 aliphatic heterocycles. The normalized spacial score (nSPS) is 12.6. The molecule has 1 unspecified atom stereocenters. The van der Waals surface area contributed by atoms with Crippen LogP contribution in [-0.4, -0.2) is 6.54 Å². The van der Waals surface area contributed by atoms with E-state index < -0.39 is 0 Å². The van der Waals surface area contributed by atoms with Crippen LogP contribution in [0.5, 0.6) is 0 Å². The fourth-order valence-electron chi connectivity index (χ4n) is 2.07. The van der Waals surface area contributed by atoms with E-state index in [1.165, 1.54) is 9.75 Å². The Morgan fingerprint density at radius 3 is 2.74 bits per heavy atom. The lowest BCUT2D eigenvalue weighted by Gasteiger charge is -2.13. The van der Waals surface area contributed by atoms with Crippen molar-refractivity contribution in [2.75, 3.05) is 6.54 Å². The number of nitrogens with one attached hydrogen (secondary N) is 1. The first kappa shape index (κ1) is 15.0.